The molecule has 1 aromatic heterocycles. The summed E-state index contributed by atoms with van der Waals surface area (Å²) in [4.78, 5) is 16.5. The van der Waals surface area contributed by atoms with E-state index in [2.05, 4.69) is 27.6 Å². The Morgan fingerprint density at radius 1 is 1.06 bits per heavy atom. The highest BCUT2D eigenvalue weighted by Crippen LogP contribution is 2.17. The molecule has 0 saturated carbocycles. The van der Waals surface area contributed by atoms with E-state index in [-0.39, 0.29) is 30.3 Å². The van der Waals surface area contributed by atoms with Crippen molar-refractivity contribution >= 4 is 5.91 Å². The number of hydrogen-bond donors (Lipinski definition) is 1. The molecular formula is C24H28FN3O3. The van der Waals surface area contributed by atoms with Crippen LogP contribution in [0, 0.1) is 5.82 Å². The van der Waals surface area contributed by atoms with Gasteiger partial charge in [-0.25, -0.2) is 4.39 Å². The molecule has 0 fully saturated rings. The summed E-state index contributed by atoms with van der Waals surface area (Å²) in [6.45, 7) is 6.00. The predicted molar refractivity (Wildman–Crippen MR) is 116 cm³/mol. The predicted octanol–water partition coefficient (Wildman–Crippen LogP) is 4.73. The molecule has 0 saturated heterocycles. The van der Waals surface area contributed by atoms with E-state index in [0.29, 0.717) is 23.7 Å². The third kappa shape index (κ3) is 7.20. The van der Waals surface area contributed by atoms with Crippen molar-refractivity contribution < 1.29 is 18.4 Å². The van der Waals surface area contributed by atoms with Crippen LogP contribution in [0.3, 0.4) is 0 Å². The third-order valence-electron chi connectivity index (χ3n) is 4.70. The normalized spacial score (nSPS) is 12.0. The van der Waals surface area contributed by atoms with E-state index in [0.717, 1.165) is 18.6 Å². The van der Waals surface area contributed by atoms with Crippen molar-refractivity contribution in [3.8, 4) is 17.1 Å². The molecule has 1 unspecified atom stereocenters. The first-order chi connectivity index (χ1) is 14.9. The van der Waals surface area contributed by atoms with Crippen LogP contribution < -0.4 is 10.1 Å². The van der Waals surface area contributed by atoms with E-state index in [4.69, 9.17) is 9.26 Å². The molecule has 3 rings (SSSR count). The van der Waals surface area contributed by atoms with Crippen LogP contribution in [-0.4, -0.2) is 28.2 Å². The van der Waals surface area contributed by atoms with Gasteiger partial charge in [-0.2, -0.15) is 4.98 Å². The number of nitrogens with zero attached hydrogens (tertiary/aromatic N) is 2. The standard InChI is InChI=1S/C24H28FN3O3/c1-16(2)30-21-12-6-18(7-13-21)5-4-17(3)26-22(29)14-15-23-27-24(28-31-23)19-8-10-20(25)11-9-19/h6-13,16-17H,4-5,14-15H2,1-3H3,(H,26,29). The Labute approximate surface area is 181 Å². The van der Waals surface area contributed by atoms with Gasteiger partial charge in [-0.15, -0.1) is 0 Å². The maximum absolute atomic E-state index is 13.0. The zero-order valence-electron chi connectivity index (χ0n) is 18.1. The smallest absolute Gasteiger partial charge is 0.227 e. The number of ether oxygens (including phenoxy) is 1. The van der Waals surface area contributed by atoms with E-state index in [9.17, 15) is 9.18 Å². The van der Waals surface area contributed by atoms with E-state index < -0.39 is 0 Å². The van der Waals surface area contributed by atoms with Crippen LogP contribution in [0.25, 0.3) is 11.4 Å². The van der Waals surface area contributed by atoms with Crippen molar-refractivity contribution in [1.29, 1.82) is 0 Å². The minimum absolute atomic E-state index is 0.0524. The summed E-state index contributed by atoms with van der Waals surface area (Å²) in [7, 11) is 0. The fourth-order valence-corrected chi connectivity index (χ4v) is 3.10. The molecular weight excluding hydrogens is 397 g/mol. The summed E-state index contributed by atoms with van der Waals surface area (Å²) in [5.74, 6) is 1.24. The van der Waals surface area contributed by atoms with Gasteiger partial charge in [-0.05, 0) is 75.6 Å². The molecule has 1 amide bonds. The van der Waals surface area contributed by atoms with Crippen molar-refractivity contribution in [1.82, 2.24) is 15.5 Å². The molecule has 6 nitrogen and oxygen atoms in total. The number of hydrogen-bond acceptors (Lipinski definition) is 5. The average Bonchev–Trinajstić information content (AvgIpc) is 3.21. The summed E-state index contributed by atoms with van der Waals surface area (Å²) in [5.41, 5.74) is 1.87. The second-order valence-electron chi connectivity index (χ2n) is 7.84. The van der Waals surface area contributed by atoms with Gasteiger partial charge in [0.25, 0.3) is 0 Å². The van der Waals surface area contributed by atoms with Gasteiger partial charge in [0.15, 0.2) is 0 Å². The maximum atomic E-state index is 13.0. The molecule has 31 heavy (non-hydrogen) atoms. The summed E-state index contributed by atoms with van der Waals surface area (Å²) in [6.07, 6.45) is 2.47. The molecule has 7 heteroatoms. The van der Waals surface area contributed by atoms with Gasteiger partial charge >= 0.3 is 0 Å². The lowest BCUT2D eigenvalue weighted by atomic mass is 10.1. The van der Waals surface area contributed by atoms with Gasteiger partial charge in [0.1, 0.15) is 11.6 Å². The van der Waals surface area contributed by atoms with Crippen LogP contribution in [0.15, 0.2) is 53.1 Å². The first-order valence-corrected chi connectivity index (χ1v) is 10.5. The van der Waals surface area contributed by atoms with Crippen LogP contribution in [-0.2, 0) is 17.6 Å². The Morgan fingerprint density at radius 3 is 2.45 bits per heavy atom. The average molecular weight is 426 g/mol. The van der Waals surface area contributed by atoms with Crippen molar-refractivity contribution in [2.24, 2.45) is 0 Å². The second-order valence-corrected chi connectivity index (χ2v) is 7.84. The lowest BCUT2D eigenvalue weighted by Gasteiger charge is -2.14. The molecule has 0 radical (unpaired) electrons. The zero-order valence-corrected chi connectivity index (χ0v) is 18.1. The monoisotopic (exact) mass is 425 g/mol. The third-order valence-corrected chi connectivity index (χ3v) is 4.70. The Hall–Kier alpha value is -3.22. The molecule has 164 valence electrons. The van der Waals surface area contributed by atoms with Crippen molar-refractivity contribution in [2.75, 3.05) is 0 Å². The molecule has 0 aliphatic carbocycles. The van der Waals surface area contributed by atoms with Crippen LogP contribution in [0.5, 0.6) is 5.75 Å². The summed E-state index contributed by atoms with van der Waals surface area (Å²) >= 11 is 0. The van der Waals surface area contributed by atoms with Gasteiger partial charge in [-0.3, -0.25) is 4.79 Å². The lowest BCUT2D eigenvalue weighted by molar-refractivity contribution is -0.121. The Balaban J connectivity index is 1.40. The quantitative estimate of drug-likeness (QED) is 0.508. The summed E-state index contributed by atoms with van der Waals surface area (Å²) in [5, 5.41) is 6.90. The molecule has 3 aromatic rings. The number of aryl methyl sites for hydroxylation is 2. The van der Waals surface area contributed by atoms with Crippen molar-refractivity contribution in [3.05, 3.63) is 65.8 Å². The SMILES string of the molecule is CC(CCc1ccc(OC(C)C)cc1)NC(=O)CCc1nc(-c2ccc(F)cc2)no1. The molecule has 1 N–H and O–H groups in total. The maximum Gasteiger partial charge on any atom is 0.227 e. The fourth-order valence-electron chi connectivity index (χ4n) is 3.10. The highest BCUT2D eigenvalue weighted by molar-refractivity contribution is 5.76. The van der Waals surface area contributed by atoms with Gasteiger partial charge in [0, 0.05) is 24.4 Å². The number of rotatable bonds is 10. The summed E-state index contributed by atoms with van der Waals surface area (Å²) < 4.78 is 23.9. The van der Waals surface area contributed by atoms with Gasteiger partial charge in [0.05, 0.1) is 6.10 Å². The van der Waals surface area contributed by atoms with Gasteiger partial charge in [0.2, 0.25) is 17.6 Å². The fraction of sp³-hybridized carbons (Fsp3) is 0.375. The highest BCUT2D eigenvalue weighted by atomic mass is 19.1. The number of carbonyl (C=O) groups excluding carboxylic acids is 1. The molecule has 0 spiro atoms. The number of carbonyl (C=O) groups is 1. The number of aromatic nitrogens is 2. The first kappa shape index (κ1) is 22.5. The number of nitrogens with one attached hydrogen (secondary N) is 1. The lowest BCUT2D eigenvalue weighted by Crippen LogP contribution is -2.33. The molecule has 1 heterocycles. The van der Waals surface area contributed by atoms with Gasteiger partial charge < -0.3 is 14.6 Å². The van der Waals surface area contributed by atoms with E-state index in [1.807, 2.05) is 32.9 Å². The highest BCUT2D eigenvalue weighted by Gasteiger charge is 2.12. The van der Waals surface area contributed by atoms with Gasteiger partial charge in [-0.1, -0.05) is 17.3 Å². The van der Waals surface area contributed by atoms with Crippen molar-refractivity contribution in [3.63, 3.8) is 0 Å². The molecule has 0 aliphatic rings. The Morgan fingerprint density at radius 2 is 1.77 bits per heavy atom. The first-order valence-electron chi connectivity index (χ1n) is 10.5. The minimum Gasteiger partial charge on any atom is -0.491 e. The van der Waals surface area contributed by atoms with Crippen LogP contribution >= 0.6 is 0 Å². The van der Waals surface area contributed by atoms with Crippen LogP contribution in [0.4, 0.5) is 4.39 Å². The second kappa shape index (κ2) is 10.7. The molecule has 1 atom stereocenters. The van der Waals surface area contributed by atoms with Crippen LogP contribution in [0.1, 0.15) is 45.1 Å². The molecule has 0 aliphatic heterocycles. The van der Waals surface area contributed by atoms with E-state index >= 15 is 0 Å². The summed E-state index contributed by atoms with van der Waals surface area (Å²) in [6, 6.07) is 14.0. The van der Waals surface area contributed by atoms with E-state index in [1.54, 1.807) is 12.1 Å². The Bertz CT molecular complexity index is 968. The Kier molecular flexibility index (Phi) is 7.76. The number of benzene rings is 2. The molecule has 0 bridgehead atoms. The van der Waals surface area contributed by atoms with Crippen molar-refractivity contribution in [2.45, 2.75) is 58.6 Å². The topological polar surface area (TPSA) is 77.2 Å². The minimum atomic E-state index is -0.324. The zero-order chi connectivity index (χ0) is 22.2. The van der Waals surface area contributed by atoms with Crippen LogP contribution in [0.2, 0.25) is 0 Å². The van der Waals surface area contributed by atoms with E-state index in [1.165, 1.54) is 17.7 Å². The number of halogens is 1. The number of amides is 1. The molecule has 2 aromatic carbocycles. The largest absolute Gasteiger partial charge is 0.491 e.